The van der Waals surface area contributed by atoms with E-state index in [2.05, 4.69) is 0 Å². The van der Waals surface area contributed by atoms with E-state index in [1.54, 1.807) is 0 Å². The van der Waals surface area contributed by atoms with Gasteiger partial charge in [-0.15, -0.1) is 0 Å². The maximum absolute atomic E-state index is 0. The topological polar surface area (TPSA) is 35.0 Å². The summed E-state index contributed by atoms with van der Waals surface area (Å²) in [5.41, 5.74) is 0. The van der Waals surface area contributed by atoms with E-state index in [0.717, 1.165) is 0 Å². The monoisotopic (exact) mass is 162 g/mol. The van der Waals surface area contributed by atoms with Gasteiger partial charge in [-0.2, -0.15) is 0 Å². The minimum absolute atomic E-state index is 0. The molecule has 0 aliphatic rings. The Balaban J connectivity index is 0. The molecular formula is H6AlCrCuN. The fourth-order valence-corrected chi connectivity index (χ4v) is 0. The molecule has 0 aromatic heterocycles. The molecular weight excluding hydrogens is 157 g/mol. The number of hydrogen-bond acceptors (Lipinski definition) is 1. The summed E-state index contributed by atoms with van der Waals surface area (Å²) in [6.07, 6.45) is 0. The third-order valence-electron chi connectivity index (χ3n) is 0. The Hall–Kier alpha value is 1.54. The fraction of sp³-hybridized carbons (Fsp3) is 0. The van der Waals surface area contributed by atoms with Crippen molar-refractivity contribution in [1.82, 2.24) is 6.15 Å². The van der Waals surface area contributed by atoms with E-state index in [9.17, 15) is 0 Å². The molecule has 0 unspecified atom stereocenters. The largest absolute Gasteiger partial charge is 0.344 e. The van der Waals surface area contributed by atoms with Crippen molar-refractivity contribution in [2.45, 2.75) is 0 Å². The number of rotatable bonds is 0. The first-order chi connectivity index (χ1) is 0. The average Bonchev–Trinajstić information content (AvgIpc) is 0. The molecule has 0 spiro atoms. The summed E-state index contributed by atoms with van der Waals surface area (Å²) in [4.78, 5) is 0. The van der Waals surface area contributed by atoms with Crippen LogP contribution in [0.4, 0.5) is 0 Å². The molecule has 0 heterocycles. The Labute approximate surface area is 57.8 Å². The van der Waals surface area contributed by atoms with Crippen LogP contribution in [0.15, 0.2) is 0 Å². The molecule has 0 aromatic carbocycles. The van der Waals surface area contributed by atoms with Gasteiger partial charge in [-0.25, -0.2) is 0 Å². The van der Waals surface area contributed by atoms with Crippen LogP contribution in [0.25, 0.3) is 0 Å². The van der Waals surface area contributed by atoms with Gasteiger partial charge in [-0.05, 0) is 0 Å². The van der Waals surface area contributed by atoms with E-state index in [1.807, 2.05) is 0 Å². The first-order valence-corrected chi connectivity index (χ1v) is 0. The van der Waals surface area contributed by atoms with Crippen molar-refractivity contribution < 1.29 is 34.4 Å². The van der Waals surface area contributed by atoms with Crippen LogP contribution in [0, 0.1) is 0 Å². The Bertz CT molecular complexity index is 8.00. The maximum Gasteiger partial charge on any atom is 0.187 e. The van der Waals surface area contributed by atoms with E-state index in [1.165, 1.54) is 0 Å². The average molecular weight is 163 g/mol. The van der Waals surface area contributed by atoms with Crippen LogP contribution < -0.4 is 6.15 Å². The summed E-state index contributed by atoms with van der Waals surface area (Å²) in [5.74, 6) is 0. The van der Waals surface area contributed by atoms with Gasteiger partial charge >= 0.3 is 0 Å². The molecule has 0 aliphatic carbocycles. The van der Waals surface area contributed by atoms with Gasteiger partial charge in [0.25, 0.3) is 0 Å². The second-order valence-corrected chi connectivity index (χ2v) is 0. The zero-order valence-electron chi connectivity index (χ0n) is 1.42. The molecule has 0 saturated heterocycles. The van der Waals surface area contributed by atoms with Crippen LogP contribution in [0.5, 0.6) is 0 Å². The van der Waals surface area contributed by atoms with Crippen molar-refractivity contribution in [2.75, 3.05) is 0 Å². The molecule has 1 radical (unpaired) electrons. The summed E-state index contributed by atoms with van der Waals surface area (Å²) < 4.78 is 0. The van der Waals surface area contributed by atoms with E-state index >= 15 is 0 Å². The maximum atomic E-state index is 0. The summed E-state index contributed by atoms with van der Waals surface area (Å²) >= 11 is 0. The zero-order valence-corrected chi connectivity index (χ0v) is 3.63. The molecule has 0 rings (SSSR count). The second-order valence-electron chi connectivity index (χ2n) is 0. The Morgan fingerprint density at radius 2 is 1.00 bits per heavy atom. The van der Waals surface area contributed by atoms with Crippen molar-refractivity contribution in [3.8, 4) is 0 Å². The summed E-state index contributed by atoms with van der Waals surface area (Å²) in [5, 5.41) is 0. The van der Waals surface area contributed by atoms with Crippen molar-refractivity contribution >= 4 is 17.4 Å². The van der Waals surface area contributed by atoms with Gasteiger partial charge < -0.3 is 6.15 Å². The first-order valence-electron chi connectivity index (χ1n) is 0. The van der Waals surface area contributed by atoms with Crippen molar-refractivity contribution in [1.29, 1.82) is 0 Å². The van der Waals surface area contributed by atoms with Crippen LogP contribution in [0.3, 0.4) is 0 Å². The molecule has 0 amide bonds. The second kappa shape index (κ2) is 23.9. The molecule has 4 heteroatoms. The quantitative estimate of drug-likeness (QED) is 0.455. The standard InChI is InChI=1S/Al.Cr.Cu.H3N.3H/h;;;1H3;;;. The molecule has 1 nitrogen and oxygen atoms in total. The Morgan fingerprint density at radius 1 is 1.00 bits per heavy atom. The van der Waals surface area contributed by atoms with Crippen LogP contribution in [0.2, 0.25) is 0 Å². The molecule has 0 saturated carbocycles. The van der Waals surface area contributed by atoms with Gasteiger partial charge in [0.1, 0.15) is 0 Å². The Kier molecular flexibility index (Phi) is 287. The van der Waals surface area contributed by atoms with Crippen molar-refractivity contribution in [2.24, 2.45) is 0 Å². The molecule has 31 valence electrons. The summed E-state index contributed by atoms with van der Waals surface area (Å²) in [7, 11) is 0. The normalized spacial score (nSPS) is 0. The van der Waals surface area contributed by atoms with Gasteiger partial charge in [0.05, 0.1) is 0 Å². The SMILES string of the molecule is N.[AlH3].[Cr].[Cu]. The van der Waals surface area contributed by atoms with E-state index in [4.69, 9.17) is 0 Å². The molecule has 0 aromatic rings. The van der Waals surface area contributed by atoms with Gasteiger partial charge in [0.15, 0.2) is 17.4 Å². The molecule has 4 heavy (non-hydrogen) atoms. The molecule has 0 fully saturated rings. The van der Waals surface area contributed by atoms with Gasteiger partial charge in [-0.3, -0.25) is 0 Å². The van der Waals surface area contributed by atoms with E-state index in [0.29, 0.717) is 0 Å². The van der Waals surface area contributed by atoms with Crippen LogP contribution in [-0.2, 0) is 34.4 Å². The minimum atomic E-state index is 0. The number of hydrogen-bond donors (Lipinski definition) is 1. The van der Waals surface area contributed by atoms with Crippen LogP contribution >= 0.6 is 0 Å². The summed E-state index contributed by atoms with van der Waals surface area (Å²) in [6, 6.07) is 0. The smallest absolute Gasteiger partial charge is 0.187 e. The molecule has 0 bridgehead atoms. The van der Waals surface area contributed by atoms with Crippen LogP contribution in [0.1, 0.15) is 0 Å². The Morgan fingerprint density at radius 3 is 1.00 bits per heavy atom. The minimum Gasteiger partial charge on any atom is -0.344 e. The third-order valence-corrected chi connectivity index (χ3v) is 0. The predicted molar refractivity (Wildman–Crippen MR) is 15.0 cm³/mol. The van der Waals surface area contributed by atoms with Crippen molar-refractivity contribution in [3.05, 3.63) is 0 Å². The van der Waals surface area contributed by atoms with Gasteiger partial charge in [0.2, 0.25) is 0 Å². The van der Waals surface area contributed by atoms with Crippen LogP contribution in [-0.4, -0.2) is 17.4 Å². The third kappa shape index (κ3) is 9.62. The molecule has 0 atom stereocenters. The van der Waals surface area contributed by atoms with Gasteiger partial charge in [0, 0.05) is 34.4 Å². The predicted octanol–water partition coefficient (Wildman–Crippen LogP) is -1.03. The molecule has 3 N–H and O–H groups in total. The first kappa shape index (κ1) is 48.0. The van der Waals surface area contributed by atoms with E-state index < -0.39 is 0 Å². The van der Waals surface area contributed by atoms with Crippen molar-refractivity contribution in [3.63, 3.8) is 0 Å². The summed E-state index contributed by atoms with van der Waals surface area (Å²) in [6.45, 7) is 0. The fourth-order valence-electron chi connectivity index (χ4n) is 0. The molecule has 0 aliphatic heterocycles. The van der Waals surface area contributed by atoms with Gasteiger partial charge in [-0.1, -0.05) is 0 Å². The zero-order chi connectivity index (χ0) is 0. The van der Waals surface area contributed by atoms with E-state index in [-0.39, 0.29) is 57.9 Å².